The SMILES string of the molecule is CC(=O)N[C@@H](CS)C(=O)N[C@@H](CCCNC(=N)N)C(=O)N[C@@H](Cc1ccc(O)cc1)C(=O)N[C@@H](CCCNC(=N)N)C(=O)NCC(=O)N[C@@H](CC(=O)O)C(=O)N[C@@H](CC(C)C)C(=O)NCC(=O)N[C@@H](CC(C)C)C(=O)NCC(=O)N[C@@H](CCCNC(=N)N)C(=O)N[C@@H](CCCNC(=N)N)C(=O)N[C@@H](CS)C(=O)NCCC(=O)N[C@@H](Cc1c[nH]c2ccccc12)C(=O)N[C@@H](CCCNC(=N)N)C(=O)N[C@@H](Cc1ccc(O)cc1)C(N)=O. The molecule has 0 saturated heterocycles. The number of thiol groups is 2. The molecular formula is C92H144N34O22S2. The van der Waals surface area contributed by atoms with Crippen LogP contribution in [0.15, 0.2) is 79.0 Å². The Balaban J connectivity index is 1.47. The van der Waals surface area contributed by atoms with E-state index >= 15 is 0 Å². The molecule has 13 atom stereocenters. The maximum Gasteiger partial charge on any atom is 0.305 e. The third-order valence-corrected chi connectivity index (χ3v) is 23.0. The largest absolute Gasteiger partial charge is 0.508 e. The van der Waals surface area contributed by atoms with Crippen LogP contribution >= 0.6 is 25.3 Å². The van der Waals surface area contributed by atoms with Crippen LogP contribution in [-0.2, 0) is 110 Å². The average molecular weight is 2140 g/mol. The van der Waals surface area contributed by atoms with E-state index in [2.05, 4.69) is 147 Å². The number of carbonyl (C=O) groups is 19. The first-order chi connectivity index (χ1) is 70.9. The Morgan fingerprint density at radius 3 is 1.00 bits per heavy atom. The molecule has 0 unspecified atom stereocenters. The molecule has 4 rings (SSSR count). The highest BCUT2D eigenvalue weighted by Crippen LogP contribution is 2.22. The van der Waals surface area contributed by atoms with Gasteiger partial charge in [-0.05, 0) is 136 Å². The first-order valence-electron chi connectivity index (χ1n) is 48.2. The molecule has 0 radical (unpaired) electrons. The third kappa shape index (κ3) is 50.3. The summed E-state index contributed by atoms with van der Waals surface area (Å²) in [5.41, 5.74) is 35.3. The number of para-hydroxylation sites is 1. The number of nitrogens with two attached hydrogens (primary N) is 6. The van der Waals surface area contributed by atoms with Crippen molar-refractivity contribution >= 4 is 178 Å². The smallest absolute Gasteiger partial charge is 0.305 e. The molecule has 0 fully saturated rings. The molecule has 43 N–H and O–H groups in total. The number of aromatic nitrogens is 1. The Hall–Kier alpha value is -16.2. The Labute approximate surface area is 875 Å². The van der Waals surface area contributed by atoms with Crippen molar-refractivity contribution in [2.45, 2.75) is 222 Å². The van der Waals surface area contributed by atoms with E-state index in [1.54, 1.807) is 58.2 Å². The number of phenolic OH excluding ortho intramolecular Hbond substituents is 2. The van der Waals surface area contributed by atoms with Gasteiger partial charge >= 0.3 is 5.97 Å². The number of rotatable bonds is 69. The summed E-state index contributed by atoms with van der Waals surface area (Å²) in [5.74, 6) is -22.1. The van der Waals surface area contributed by atoms with Crippen LogP contribution in [0, 0.1) is 38.9 Å². The maximum atomic E-state index is 14.5. The van der Waals surface area contributed by atoms with Gasteiger partial charge in [0.25, 0.3) is 0 Å². The van der Waals surface area contributed by atoms with Crippen molar-refractivity contribution < 1.29 is 106 Å². The van der Waals surface area contributed by atoms with E-state index in [9.17, 15) is 106 Å². The van der Waals surface area contributed by atoms with Crippen LogP contribution in [0.25, 0.3) is 10.9 Å². The fraction of sp³-hybridized carbons (Fsp3) is 0.522. The molecule has 150 heavy (non-hydrogen) atoms. The van der Waals surface area contributed by atoms with Gasteiger partial charge in [-0.1, -0.05) is 70.2 Å². The number of amides is 18. The summed E-state index contributed by atoms with van der Waals surface area (Å²) in [6.45, 7) is 4.82. The monoisotopic (exact) mass is 2140 g/mol. The highest BCUT2D eigenvalue weighted by molar-refractivity contribution is 7.80. The lowest BCUT2D eigenvalue weighted by Gasteiger charge is -2.26. The van der Waals surface area contributed by atoms with Crippen molar-refractivity contribution in [3.05, 3.63) is 95.7 Å². The summed E-state index contributed by atoms with van der Waals surface area (Å²) < 4.78 is 0. The van der Waals surface area contributed by atoms with E-state index in [-0.39, 0.29) is 164 Å². The summed E-state index contributed by atoms with van der Waals surface area (Å²) in [6, 6.07) is -0.906. The van der Waals surface area contributed by atoms with Crippen molar-refractivity contribution in [2.24, 2.45) is 46.2 Å². The number of nitrogens with one attached hydrogen (secondary N) is 28. The van der Waals surface area contributed by atoms with E-state index in [1.165, 1.54) is 48.5 Å². The molecule has 826 valence electrons. The number of aliphatic carboxylic acids is 1. The van der Waals surface area contributed by atoms with Crippen LogP contribution in [0.1, 0.15) is 141 Å². The number of H-pyrrole nitrogens is 1. The van der Waals surface area contributed by atoms with E-state index in [0.717, 1.165) is 6.92 Å². The van der Waals surface area contributed by atoms with Crippen molar-refractivity contribution in [3.63, 3.8) is 0 Å². The number of benzene rings is 3. The molecule has 3 aromatic carbocycles. The van der Waals surface area contributed by atoms with Crippen LogP contribution in [0.4, 0.5) is 0 Å². The number of primary amides is 1. The maximum absolute atomic E-state index is 14.5. The quantitative estimate of drug-likeness (QED) is 0.00845. The minimum atomic E-state index is -1.96. The van der Waals surface area contributed by atoms with Gasteiger partial charge in [0, 0.05) is 100 Å². The van der Waals surface area contributed by atoms with Crippen molar-refractivity contribution in [1.29, 1.82) is 27.0 Å². The lowest BCUT2D eigenvalue weighted by atomic mass is 10.0. The predicted octanol–water partition coefficient (Wildman–Crippen LogP) is -8.99. The van der Waals surface area contributed by atoms with E-state index in [1.807, 2.05) is 0 Å². The van der Waals surface area contributed by atoms with Gasteiger partial charge < -0.3 is 172 Å². The lowest BCUT2D eigenvalue weighted by molar-refractivity contribution is -0.141. The third-order valence-electron chi connectivity index (χ3n) is 22.2. The predicted molar refractivity (Wildman–Crippen MR) is 557 cm³/mol. The molecule has 0 aliphatic heterocycles. The van der Waals surface area contributed by atoms with Crippen molar-refractivity contribution in [3.8, 4) is 11.5 Å². The Bertz CT molecular complexity index is 5310. The molecule has 0 aliphatic carbocycles. The van der Waals surface area contributed by atoms with Crippen molar-refractivity contribution in [2.75, 3.05) is 70.4 Å². The Morgan fingerprint density at radius 1 is 0.327 bits per heavy atom. The van der Waals surface area contributed by atoms with Gasteiger partial charge in [0.05, 0.1) is 26.1 Å². The Morgan fingerprint density at radius 2 is 0.620 bits per heavy atom. The average Bonchev–Trinajstić information content (AvgIpc) is 1.55. The van der Waals surface area contributed by atoms with E-state index in [4.69, 9.17) is 61.4 Å². The number of carboxylic acids is 1. The number of aromatic hydroxyl groups is 2. The Kier molecular flexibility index (Phi) is 56.2. The number of guanidine groups is 5. The number of carbonyl (C=O) groups excluding carboxylic acids is 18. The molecule has 1 heterocycles. The van der Waals surface area contributed by atoms with Crippen LogP contribution in [0.5, 0.6) is 11.5 Å². The molecule has 1 aromatic heterocycles. The number of fused-ring (bicyclic) bond motifs is 1. The van der Waals surface area contributed by atoms with Gasteiger partial charge in [-0.3, -0.25) is 118 Å². The van der Waals surface area contributed by atoms with Crippen LogP contribution in [-0.4, -0.2) is 311 Å². The normalized spacial score (nSPS) is 13.5. The summed E-state index contributed by atoms with van der Waals surface area (Å²) in [5, 5.41) is 124. The highest BCUT2D eigenvalue weighted by Gasteiger charge is 2.38. The second kappa shape index (κ2) is 66.8. The standard InChI is InChI=1S/C92H144N34O22S2/c1-47(2)35-63(117-72(132)44-113-78(139)64(36-48(3)4)124-86(147)67(40-74(134)135)118-73(133)43-111-76(137)57(15-8-29-105-88(94)95)119-84(145)65(38-51-22-26-54(129)27-23-51)125-82(143)60(18-11-32-108-91(100)101)122-87(148)69(46-150)114-49(5)127)77(138)112-42-71(131)115-58(16-9-30-106-89(96)97)80(141)120-61(19-12-33-109-92(102)103)83(144)126-68(45-149)79(140)104-34-28-70(130)116-66(39-52-41-110-56-14-7-6-13-55(52)56)85(146)121-59(17-10-31-107-90(98)99)81(142)123-62(75(93)136)37-50-20-24-53(128)25-21-50/h6-7,13-14,20-27,41,47-48,57-69,110,128-129,149-150H,8-12,15-19,28-40,42-46H2,1-5H3,(H2,93,136)(H,104,140)(H,111,137)(H,112,138)(H,113,139)(H,114,127)(H,115,131)(H,116,130)(H,117,132)(H,118,133)(H,119,145)(H,120,141)(H,121,146)(H,122,148)(H,123,142)(H,124,147)(H,125,143)(H,126,144)(H,134,135)(H4,94,95,105)(H4,96,97,106)(H4,98,99,107)(H4,100,101,108)(H4,102,103,109)/t57-,58-,59-,60-,61-,62-,63-,64-,65-,66-,67-,68-,69-/m0/s1. The fourth-order valence-electron chi connectivity index (χ4n) is 14.8. The minimum Gasteiger partial charge on any atom is -0.508 e. The van der Waals surface area contributed by atoms with Crippen LogP contribution in [0.3, 0.4) is 0 Å². The summed E-state index contributed by atoms with van der Waals surface area (Å²) >= 11 is 8.45. The second-order valence-corrected chi connectivity index (χ2v) is 36.5. The molecule has 56 nitrogen and oxygen atoms in total. The first-order valence-corrected chi connectivity index (χ1v) is 49.4. The van der Waals surface area contributed by atoms with Crippen molar-refractivity contribution in [1.82, 2.24) is 122 Å². The summed E-state index contributed by atoms with van der Waals surface area (Å²) in [7, 11) is 0. The summed E-state index contributed by atoms with van der Waals surface area (Å²) in [4.78, 5) is 265. The van der Waals surface area contributed by atoms with Gasteiger partial charge in [0.2, 0.25) is 106 Å². The van der Waals surface area contributed by atoms with Gasteiger partial charge in [0.1, 0.15) is 90.0 Å². The zero-order chi connectivity index (χ0) is 112. The van der Waals surface area contributed by atoms with Crippen LogP contribution in [0.2, 0.25) is 0 Å². The first kappa shape index (κ1) is 126. The van der Waals surface area contributed by atoms with Gasteiger partial charge in [-0.25, -0.2) is 0 Å². The highest BCUT2D eigenvalue weighted by atomic mass is 32.1. The van der Waals surface area contributed by atoms with Crippen LogP contribution < -0.4 is 151 Å². The topological polar surface area (TPSA) is 941 Å². The zero-order valence-electron chi connectivity index (χ0n) is 83.9. The zero-order valence-corrected chi connectivity index (χ0v) is 85.7. The minimum absolute atomic E-state index is 0.00932. The molecule has 0 aliphatic rings. The molecule has 0 spiro atoms. The number of hydrogen-bond donors (Lipinski definition) is 39. The number of carboxylic acid groups (broad SMARTS) is 1. The van der Waals surface area contributed by atoms with E-state index in [0.29, 0.717) is 27.6 Å². The van der Waals surface area contributed by atoms with E-state index < -0.39 is 260 Å². The molecule has 0 saturated carbocycles. The molecule has 18 amide bonds. The molecule has 0 bridgehead atoms. The van der Waals surface area contributed by atoms with Gasteiger partial charge in [0.15, 0.2) is 29.8 Å². The number of hydrogen-bond acceptors (Lipinski definition) is 28. The van der Waals surface area contributed by atoms with Gasteiger partial charge in [-0.2, -0.15) is 25.3 Å². The molecule has 58 heteroatoms. The number of aromatic amines is 1. The fourth-order valence-corrected chi connectivity index (χ4v) is 15.3. The second-order valence-electron chi connectivity index (χ2n) is 35.8. The molecule has 4 aromatic rings. The summed E-state index contributed by atoms with van der Waals surface area (Å²) in [6.07, 6.45) is -1.24. The molecular weight excluding hydrogens is 2000 g/mol. The number of phenols is 2. The lowest BCUT2D eigenvalue weighted by Crippen LogP contribution is -2.59. The van der Waals surface area contributed by atoms with Gasteiger partial charge in [-0.15, -0.1) is 0 Å².